The Labute approximate surface area is 82.2 Å². The summed E-state index contributed by atoms with van der Waals surface area (Å²) in [6.45, 7) is 2.01. The van der Waals surface area contributed by atoms with Crippen LogP contribution in [0.15, 0.2) is 18.2 Å². The van der Waals surface area contributed by atoms with Crippen molar-refractivity contribution in [3.8, 4) is 0 Å². The van der Waals surface area contributed by atoms with E-state index in [0.717, 1.165) is 18.4 Å². The maximum atomic E-state index is 10.8. The van der Waals surface area contributed by atoms with Crippen LogP contribution in [0.3, 0.4) is 0 Å². The summed E-state index contributed by atoms with van der Waals surface area (Å²) in [6.07, 6.45) is 1.67. The van der Waals surface area contributed by atoms with E-state index in [2.05, 4.69) is 0 Å². The molecular formula is C10H11ClO2. The third kappa shape index (κ3) is 2.46. The van der Waals surface area contributed by atoms with Gasteiger partial charge in [0.25, 0.3) is 0 Å². The van der Waals surface area contributed by atoms with Gasteiger partial charge < -0.3 is 5.11 Å². The molecule has 0 unspecified atom stereocenters. The Morgan fingerprint density at radius 2 is 2.23 bits per heavy atom. The molecule has 0 aliphatic carbocycles. The monoisotopic (exact) mass is 198 g/mol. The maximum absolute atomic E-state index is 10.8. The summed E-state index contributed by atoms with van der Waals surface area (Å²) in [5, 5.41) is 9.43. The van der Waals surface area contributed by atoms with Gasteiger partial charge in [-0.2, -0.15) is 0 Å². The predicted octanol–water partition coefficient (Wildman–Crippen LogP) is 2.99. The number of carboxylic acids is 1. The predicted molar refractivity (Wildman–Crippen MR) is 52.4 cm³/mol. The highest BCUT2D eigenvalue weighted by atomic mass is 35.5. The lowest BCUT2D eigenvalue weighted by atomic mass is 10.0. The second kappa shape index (κ2) is 4.28. The summed E-state index contributed by atoms with van der Waals surface area (Å²) in [7, 11) is 0. The zero-order chi connectivity index (χ0) is 9.84. The Hall–Kier alpha value is -1.02. The van der Waals surface area contributed by atoms with Crippen molar-refractivity contribution in [2.45, 2.75) is 19.8 Å². The molecule has 1 aromatic carbocycles. The van der Waals surface area contributed by atoms with Gasteiger partial charge in [0, 0.05) is 5.02 Å². The molecule has 2 nitrogen and oxygen atoms in total. The number of rotatable bonds is 3. The van der Waals surface area contributed by atoms with Crippen molar-refractivity contribution >= 4 is 17.6 Å². The van der Waals surface area contributed by atoms with Gasteiger partial charge in [0.1, 0.15) is 0 Å². The number of halogens is 1. The van der Waals surface area contributed by atoms with E-state index in [1.807, 2.05) is 6.92 Å². The van der Waals surface area contributed by atoms with E-state index in [0.29, 0.717) is 10.6 Å². The fourth-order valence-corrected chi connectivity index (χ4v) is 1.44. The molecule has 0 heterocycles. The molecule has 0 saturated carbocycles. The average Bonchev–Trinajstić information content (AvgIpc) is 2.04. The van der Waals surface area contributed by atoms with E-state index < -0.39 is 5.97 Å². The molecule has 0 fully saturated rings. The third-order valence-corrected chi connectivity index (χ3v) is 2.05. The fourth-order valence-electron chi connectivity index (χ4n) is 1.25. The number of aryl methyl sites for hydroxylation is 1. The van der Waals surface area contributed by atoms with Crippen molar-refractivity contribution < 1.29 is 9.90 Å². The van der Waals surface area contributed by atoms with E-state index in [1.54, 1.807) is 18.2 Å². The van der Waals surface area contributed by atoms with Crippen LogP contribution in [-0.2, 0) is 6.42 Å². The van der Waals surface area contributed by atoms with E-state index >= 15 is 0 Å². The molecule has 0 saturated heterocycles. The molecular weight excluding hydrogens is 188 g/mol. The molecule has 0 radical (unpaired) electrons. The van der Waals surface area contributed by atoms with Crippen molar-refractivity contribution in [1.82, 2.24) is 0 Å². The van der Waals surface area contributed by atoms with Crippen LogP contribution in [0.5, 0.6) is 0 Å². The first-order valence-corrected chi connectivity index (χ1v) is 4.54. The first-order chi connectivity index (χ1) is 6.15. The lowest BCUT2D eigenvalue weighted by Crippen LogP contribution is -2.01. The number of hydrogen-bond donors (Lipinski definition) is 1. The van der Waals surface area contributed by atoms with Gasteiger partial charge in [0.2, 0.25) is 0 Å². The van der Waals surface area contributed by atoms with E-state index in [-0.39, 0.29) is 0 Å². The summed E-state index contributed by atoms with van der Waals surface area (Å²) in [4.78, 5) is 10.8. The van der Waals surface area contributed by atoms with Crippen LogP contribution in [-0.4, -0.2) is 11.1 Å². The first kappa shape index (κ1) is 10.1. The van der Waals surface area contributed by atoms with Crippen molar-refractivity contribution in [3.05, 3.63) is 34.3 Å². The van der Waals surface area contributed by atoms with E-state index in [1.165, 1.54) is 0 Å². The summed E-state index contributed by atoms with van der Waals surface area (Å²) < 4.78 is 0. The summed E-state index contributed by atoms with van der Waals surface area (Å²) >= 11 is 5.76. The smallest absolute Gasteiger partial charge is 0.335 e. The molecule has 0 amide bonds. The highest BCUT2D eigenvalue weighted by Gasteiger charge is 2.08. The minimum Gasteiger partial charge on any atom is -0.478 e. The first-order valence-electron chi connectivity index (χ1n) is 4.17. The number of aromatic carboxylic acids is 1. The Kier molecular flexibility index (Phi) is 3.32. The van der Waals surface area contributed by atoms with Gasteiger partial charge in [0.15, 0.2) is 0 Å². The molecule has 1 rings (SSSR count). The lowest BCUT2D eigenvalue weighted by Gasteiger charge is -2.04. The maximum Gasteiger partial charge on any atom is 0.335 e. The Bertz CT molecular complexity index is 321. The standard InChI is InChI=1S/C10H11ClO2/c1-2-3-7-6-8(11)4-5-9(7)10(12)13/h4-6H,2-3H2,1H3,(H,12,13). The van der Waals surface area contributed by atoms with Crippen LogP contribution in [0.25, 0.3) is 0 Å². The number of hydrogen-bond acceptors (Lipinski definition) is 1. The second-order valence-corrected chi connectivity index (χ2v) is 3.29. The van der Waals surface area contributed by atoms with Gasteiger partial charge in [-0.1, -0.05) is 24.9 Å². The van der Waals surface area contributed by atoms with Gasteiger partial charge in [-0.25, -0.2) is 4.79 Å². The molecule has 1 N–H and O–H groups in total. The molecule has 13 heavy (non-hydrogen) atoms. The lowest BCUT2D eigenvalue weighted by molar-refractivity contribution is 0.0695. The second-order valence-electron chi connectivity index (χ2n) is 2.86. The van der Waals surface area contributed by atoms with Gasteiger partial charge in [-0.3, -0.25) is 0 Å². The van der Waals surface area contributed by atoms with E-state index in [9.17, 15) is 4.79 Å². The molecule has 0 aliphatic rings. The molecule has 0 spiro atoms. The number of benzene rings is 1. The minimum atomic E-state index is -0.889. The molecule has 3 heteroatoms. The Morgan fingerprint density at radius 1 is 1.54 bits per heavy atom. The van der Waals surface area contributed by atoms with Crippen LogP contribution in [0.1, 0.15) is 29.3 Å². The number of carbonyl (C=O) groups is 1. The zero-order valence-electron chi connectivity index (χ0n) is 7.38. The zero-order valence-corrected chi connectivity index (χ0v) is 8.14. The molecule has 0 atom stereocenters. The van der Waals surface area contributed by atoms with E-state index in [4.69, 9.17) is 16.7 Å². The number of carboxylic acid groups (broad SMARTS) is 1. The van der Waals surface area contributed by atoms with Gasteiger partial charge >= 0.3 is 5.97 Å². The van der Waals surface area contributed by atoms with Crippen LogP contribution < -0.4 is 0 Å². The summed E-state index contributed by atoms with van der Waals surface area (Å²) in [5.41, 5.74) is 1.16. The Morgan fingerprint density at radius 3 is 2.77 bits per heavy atom. The SMILES string of the molecule is CCCc1cc(Cl)ccc1C(=O)O. The molecule has 0 bridgehead atoms. The minimum absolute atomic E-state index is 0.353. The van der Waals surface area contributed by atoms with Crippen molar-refractivity contribution in [3.63, 3.8) is 0 Å². The molecule has 0 aromatic heterocycles. The highest BCUT2D eigenvalue weighted by molar-refractivity contribution is 6.30. The topological polar surface area (TPSA) is 37.3 Å². The van der Waals surface area contributed by atoms with Crippen molar-refractivity contribution in [2.75, 3.05) is 0 Å². The largest absolute Gasteiger partial charge is 0.478 e. The molecule has 70 valence electrons. The van der Waals surface area contributed by atoms with Gasteiger partial charge in [0.05, 0.1) is 5.56 Å². The van der Waals surface area contributed by atoms with Crippen LogP contribution in [0.2, 0.25) is 5.02 Å². The molecule has 1 aromatic rings. The average molecular weight is 199 g/mol. The normalized spacial score (nSPS) is 10.0. The van der Waals surface area contributed by atoms with Crippen LogP contribution in [0, 0.1) is 0 Å². The van der Waals surface area contributed by atoms with Gasteiger partial charge in [-0.15, -0.1) is 0 Å². The van der Waals surface area contributed by atoms with Crippen molar-refractivity contribution in [2.24, 2.45) is 0 Å². The van der Waals surface area contributed by atoms with Crippen molar-refractivity contribution in [1.29, 1.82) is 0 Å². The van der Waals surface area contributed by atoms with Crippen LogP contribution in [0.4, 0.5) is 0 Å². The summed E-state index contributed by atoms with van der Waals surface area (Å²) in [6, 6.07) is 4.87. The molecule has 0 aliphatic heterocycles. The third-order valence-electron chi connectivity index (χ3n) is 1.82. The van der Waals surface area contributed by atoms with Crippen LogP contribution >= 0.6 is 11.6 Å². The Balaban J connectivity index is 3.10. The fraction of sp³-hybridized carbons (Fsp3) is 0.300. The highest BCUT2D eigenvalue weighted by Crippen LogP contribution is 2.17. The summed E-state index contributed by atoms with van der Waals surface area (Å²) in [5.74, 6) is -0.889. The quantitative estimate of drug-likeness (QED) is 0.811. The van der Waals surface area contributed by atoms with Gasteiger partial charge in [-0.05, 0) is 30.2 Å².